The van der Waals surface area contributed by atoms with E-state index in [-0.39, 0.29) is 11.9 Å². The predicted octanol–water partition coefficient (Wildman–Crippen LogP) is 2.17. The molecule has 3 aliphatic rings. The van der Waals surface area contributed by atoms with Crippen LogP contribution in [0.5, 0.6) is 0 Å². The fourth-order valence-electron chi connectivity index (χ4n) is 4.48. The highest BCUT2D eigenvalue weighted by atomic mass is 16.7. The Hall–Kier alpha value is -0.940. The van der Waals surface area contributed by atoms with E-state index in [2.05, 4.69) is 29.2 Å². The Balaban J connectivity index is 1.53. The Morgan fingerprint density at radius 3 is 2.73 bits per heavy atom. The van der Waals surface area contributed by atoms with Crippen molar-refractivity contribution < 1.29 is 14.6 Å². The number of aliphatic hydroxyl groups is 1. The number of ether oxygens (including phenoxy) is 2. The molecule has 4 rings (SSSR count). The summed E-state index contributed by atoms with van der Waals surface area (Å²) in [5, 5.41) is 10.2. The third-order valence-electron chi connectivity index (χ3n) is 5.49. The quantitative estimate of drug-likeness (QED) is 0.909. The molecule has 2 saturated heterocycles. The second kappa shape index (κ2) is 5.93. The minimum atomic E-state index is -0.349. The molecule has 4 nitrogen and oxygen atoms in total. The minimum absolute atomic E-state index is 0.204. The Morgan fingerprint density at radius 2 is 1.95 bits per heavy atom. The molecule has 4 heteroatoms. The van der Waals surface area contributed by atoms with Crippen molar-refractivity contribution in [3.8, 4) is 0 Å². The lowest BCUT2D eigenvalue weighted by Gasteiger charge is -2.50. The summed E-state index contributed by atoms with van der Waals surface area (Å²) < 4.78 is 11.9. The summed E-state index contributed by atoms with van der Waals surface area (Å²) >= 11 is 0. The van der Waals surface area contributed by atoms with Crippen molar-refractivity contribution in [2.75, 3.05) is 19.8 Å². The molecule has 1 N–H and O–H groups in total. The maximum absolute atomic E-state index is 10.2. The minimum Gasteiger partial charge on any atom is -0.392 e. The van der Waals surface area contributed by atoms with Crippen molar-refractivity contribution in [3.05, 3.63) is 35.9 Å². The van der Waals surface area contributed by atoms with Crippen LogP contribution < -0.4 is 0 Å². The van der Waals surface area contributed by atoms with Crippen LogP contribution in [0.3, 0.4) is 0 Å². The summed E-state index contributed by atoms with van der Waals surface area (Å²) in [6.45, 7) is 3.10. The molecule has 120 valence electrons. The zero-order chi connectivity index (χ0) is 15.0. The normalized spacial score (nSPS) is 34.7. The van der Waals surface area contributed by atoms with E-state index >= 15 is 0 Å². The van der Waals surface area contributed by atoms with Crippen LogP contribution in [0.1, 0.15) is 31.2 Å². The SMILES string of the molecule is O[C@@H]1C[C@H]2CCC3(C[C@H]2N(Cc2ccccc2)C1)OCCO3. The largest absolute Gasteiger partial charge is 0.392 e. The highest BCUT2D eigenvalue weighted by Crippen LogP contribution is 2.44. The van der Waals surface area contributed by atoms with E-state index in [1.54, 1.807) is 0 Å². The third-order valence-corrected chi connectivity index (χ3v) is 5.49. The van der Waals surface area contributed by atoms with Gasteiger partial charge in [-0.3, -0.25) is 4.90 Å². The van der Waals surface area contributed by atoms with Gasteiger partial charge in [0.2, 0.25) is 0 Å². The van der Waals surface area contributed by atoms with Gasteiger partial charge in [-0.1, -0.05) is 30.3 Å². The van der Waals surface area contributed by atoms with E-state index in [1.165, 1.54) is 5.56 Å². The number of β-amino-alcohol motifs (C(OH)–C–C–N with tert-alkyl or cyclic N) is 1. The first kappa shape index (κ1) is 14.6. The Kier molecular flexibility index (Phi) is 3.95. The molecule has 22 heavy (non-hydrogen) atoms. The van der Waals surface area contributed by atoms with Gasteiger partial charge in [-0.05, 0) is 24.3 Å². The lowest BCUT2D eigenvalue weighted by Crippen LogP contribution is -2.56. The molecule has 0 radical (unpaired) electrons. The average molecular weight is 303 g/mol. The molecular weight excluding hydrogens is 278 g/mol. The molecule has 1 saturated carbocycles. The van der Waals surface area contributed by atoms with Gasteiger partial charge < -0.3 is 14.6 Å². The van der Waals surface area contributed by atoms with Crippen LogP contribution in [0, 0.1) is 5.92 Å². The van der Waals surface area contributed by atoms with E-state index < -0.39 is 0 Å². The fraction of sp³-hybridized carbons (Fsp3) is 0.667. The molecule has 2 heterocycles. The summed E-state index contributed by atoms with van der Waals surface area (Å²) in [5.41, 5.74) is 1.31. The second-order valence-electron chi connectivity index (χ2n) is 6.98. The first-order chi connectivity index (χ1) is 10.7. The highest BCUT2D eigenvalue weighted by Gasteiger charge is 2.48. The summed E-state index contributed by atoms with van der Waals surface area (Å²) in [4.78, 5) is 2.44. The van der Waals surface area contributed by atoms with Crippen molar-refractivity contribution in [2.45, 2.75) is 50.2 Å². The number of hydrogen-bond donors (Lipinski definition) is 1. The maximum Gasteiger partial charge on any atom is 0.170 e. The standard InChI is InChI=1S/C18H25NO3/c20-16-10-15-6-7-18(21-8-9-22-18)11-17(15)19(13-16)12-14-4-2-1-3-5-14/h1-5,15-17,20H,6-13H2/t15-,16-,17-/m1/s1. The van der Waals surface area contributed by atoms with E-state index in [0.29, 0.717) is 12.0 Å². The molecule has 0 aromatic heterocycles. The van der Waals surface area contributed by atoms with Gasteiger partial charge in [0.25, 0.3) is 0 Å². The van der Waals surface area contributed by atoms with Gasteiger partial charge >= 0.3 is 0 Å². The van der Waals surface area contributed by atoms with Gasteiger partial charge in [0, 0.05) is 32.0 Å². The van der Waals surface area contributed by atoms with Crippen molar-refractivity contribution in [1.82, 2.24) is 4.90 Å². The van der Waals surface area contributed by atoms with E-state index in [0.717, 1.165) is 52.0 Å². The molecule has 0 amide bonds. The highest BCUT2D eigenvalue weighted by molar-refractivity contribution is 5.15. The number of likely N-dealkylation sites (tertiary alicyclic amines) is 1. The van der Waals surface area contributed by atoms with Gasteiger partial charge in [0.15, 0.2) is 5.79 Å². The van der Waals surface area contributed by atoms with Gasteiger partial charge in [0.05, 0.1) is 19.3 Å². The van der Waals surface area contributed by atoms with Crippen LogP contribution in [0.2, 0.25) is 0 Å². The number of benzene rings is 1. The molecule has 1 aromatic carbocycles. The number of rotatable bonds is 2. The predicted molar refractivity (Wildman–Crippen MR) is 83.2 cm³/mol. The summed E-state index contributed by atoms with van der Waals surface area (Å²) in [6, 6.07) is 11.0. The molecule has 3 atom stereocenters. The van der Waals surface area contributed by atoms with Gasteiger partial charge in [-0.15, -0.1) is 0 Å². The molecule has 1 aromatic rings. The first-order valence-corrected chi connectivity index (χ1v) is 8.48. The van der Waals surface area contributed by atoms with Crippen LogP contribution in [0.15, 0.2) is 30.3 Å². The van der Waals surface area contributed by atoms with Crippen LogP contribution >= 0.6 is 0 Å². The van der Waals surface area contributed by atoms with Gasteiger partial charge in [-0.25, -0.2) is 0 Å². The molecule has 0 unspecified atom stereocenters. The summed E-state index contributed by atoms with van der Waals surface area (Å²) in [6.07, 6.45) is 3.72. The number of nitrogens with zero attached hydrogens (tertiary/aromatic N) is 1. The average Bonchev–Trinajstić information content (AvgIpc) is 2.97. The van der Waals surface area contributed by atoms with Crippen LogP contribution in [0.4, 0.5) is 0 Å². The Bertz CT molecular complexity index is 500. The number of piperidine rings is 1. The molecule has 1 spiro atoms. The lowest BCUT2D eigenvalue weighted by atomic mass is 9.74. The van der Waals surface area contributed by atoms with Crippen LogP contribution in [-0.2, 0) is 16.0 Å². The van der Waals surface area contributed by atoms with E-state index in [9.17, 15) is 5.11 Å². The molecule has 2 aliphatic heterocycles. The maximum atomic E-state index is 10.2. The molecular formula is C18H25NO3. The Labute approximate surface area is 132 Å². The lowest BCUT2D eigenvalue weighted by molar-refractivity contribution is -0.206. The van der Waals surface area contributed by atoms with Crippen LogP contribution in [0.25, 0.3) is 0 Å². The smallest absolute Gasteiger partial charge is 0.170 e. The zero-order valence-electron chi connectivity index (χ0n) is 13.0. The van der Waals surface area contributed by atoms with Crippen molar-refractivity contribution >= 4 is 0 Å². The topological polar surface area (TPSA) is 41.9 Å². The summed E-state index contributed by atoms with van der Waals surface area (Å²) in [5.74, 6) is 0.212. The molecule has 0 bridgehead atoms. The van der Waals surface area contributed by atoms with E-state index in [1.807, 2.05) is 6.07 Å². The summed E-state index contributed by atoms with van der Waals surface area (Å²) in [7, 11) is 0. The third kappa shape index (κ3) is 2.81. The van der Waals surface area contributed by atoms with Crippen molar-refractivity contribution in [3.63, 3.8) is 0 Å². The van der Waals surface area contributed by atoms with Crippen molar-refractivity contribution in [1.29, 1.82) is 0 Å². The zero-order valence-corrected chi connectivity index (χ0v) is 13.0. The number of fused-ring (bicyclic) bond motifs is 1. The molecule has 1 aliphatic carbocycles. The van der Waals surface area contributed by atoms with E-state index in [4.69, 9.17) is 9.47 Å². The number of hydrogen-bond acceptors (Lipinski definition) is 4. The van der Waals surface area contributed by atoms with Gasteiger partial charge in [-0.2, -0.15) is 0 Å². The monoisotopic (exact) mass is 303 g/mol. The van der Waals surface area contributed by atoms with Crippen LogP contribution in [-0.4, -0.2) is 47.7 Å². The fourth-order valence-corrected chi connectivity index (χ4v) is 4.48. The Morgan fingerprint density at radius 1 is 1.18 bits per heavy atom. The molecule has 3 fully saturated rings. The number of aliphatic hydroxyl groups excluding tert-OH is 1. The van der Waals surface area contributed by atoms with Gasteiger partial charge in [0.1, 0.15) is 0 Å². The second-order valence-corrected chi connectivity index (χ2v) is 6.98. The van der Waals surface area contributed by atoms with Crippen molar-refractivity contribution in [2.24, 2.45) is 5.92 Å². The first-order valence-electron chi connectivity index (χ1n) is 8.48.